The summed E-state index contributed by atoms with van der Waals surface area (Å²) in [5.41, 5.74) is 11.9. The number of likely N-dealkylation sites (tertiary alicyclic amines) is 1. The van der Waals surface area contributed by atoms with Gasteiger partial charge in [-0.2, -0.15) is 0 Å². The Bertz CT molecular complexity index is 867. The van der Waals surface area contributed by atoms with Gasteiger partial charge in [-0.1, -0.05) is 30.3 Å². The van der Waals surface area contributed by atoms with Gasteiger partial charge in [0, 0.05) is 6.54 Å². The molecule has 0 aliphatic carbocycles. The van der Waals surface area contributed by atoms with Crippen molar-refractivity contribution in [3.05, 3.63) is 65.0 Å². The van der Waals surface area contributed by atoms with Gasteiger partial charge in [0.15, 0.2) is 0 Å². The number of benzene rings is 2. The number of hydrogen-bond acceptors (Lipinski definition) is 3. The molecule has 1 aliphatic rings. The van der Waals surface area contributed by atoms with E-state index in [1.54, 1.807) is 0 Å². The molecule has 130 valence electrons. The topological polar surface area (TPSA) is 57.9 Å². The Labute approximate surface area is 149 Å². The third-order valence-corrected chi connectivity index (χ3v) is 5.15. The second-order valence-electron chi connectivity index (χ2n) is 7.13. The molecule has 0 amide bonds. The molecular formula is C21H26N4. The van der Waals surface area contributed by atoms with Gasteiger partial charge in [-0.25, -0.2) is 4.98 Å². The minimum Gasteiger partial charge on any atom is -0.341 e. The van der Waals surface area contributed by atoms with E-state index >= 15 is 0 Å². The van der Waals surface area contributed by atoms with E-state index in [-0.39, 0.29) is 0 Å². The highest BCUT2D eigenvalue weighted by Gasteiger charge is 2.28. The average Bonchev–Trinajstić information content (AvgIpc) is 3.21. The summed E-state index contributed by atoms with van der Waals surface area (Å²) in [4.78, 5) is 11.0. The number of rotatable bonds is 5. The molecule has 1 atom stereocenters. The van der Waals surface area contributed by atoms with Crippen molar-refractivity contribution >= 4 is 11.0 Å². The van der Waals surface area contributed by atoms with E-state index in [2.05, 4.69) is 59.3 Å². The zero-order valence-corrected chi connectivity index (χ0v) is 14.8. The largest absolute Gasteiger partial charge is 0.341 e. The first-order valence-electron chi connectivity index (χ1n) is 9.21. The number of fused-ring (bicyclic) bond motifs is 1. The average molecular weight is 334 g/mol. The zero-order chi connectivity index (χ0) is 17.2. The van der Waals surface area contributed by atoms with Crippen molar-refractivity contribution in [1.82, 2.24) is 14.9 Å². The summed E-state index contributed by atoms with van der Waals surface area (Å²) in [5.74, 6) is 1.11. The molecule has 0 bridgehead atoms. The van der Waals surface area contributed by atoms with Gasteiger partial charge in [-0.3, -0.25) is 4.90 Å². The molecule has 2 aromatic carbocycles. The lowest BCUT2D eigenvalue weighted by Crippen LogP contribution is -2.23. The van der Waals surface area contributed by atoms with E-state index in [0.717, 1.165) is 36.4 Å². The van der Waals surface area contributed by atoms with Crippen molar-refractivity contribution in [3.63, 3.8) is 0 Å². The molecular weight excluding hydrogens is 308 g/mol. The summed E-state index contributed by atoms with van der Waals surface area (Å²) in [5, 5.41) is 0. The highest BCUT2D eigenvalue weighted by atomic mass is 15.2. The number of aryl methyl sites for hydroxylation is 1. The van der Waals surface area contributed by atoms with Crippen LogP contribution in [0.2, 0.25) is 0 Å². The Hall–Kier alpha value is -2.17. The van der Waals surface area contributed by atoms with Crippen LogP contribution >= 0.6 is 0 Å². The van der Waals surface area contributed by atoms with E-state index in [9.17, 15) is 0 Å². The number of aromatic amines is 1. The monoisotopic (exact) mass is 334 g/mol. The molecule has 0 spiro atoms. The number of nitrogens with two attached hydrogens (primary N) is 1. The van der Waals surface area contributed by atoms with E-state index in [4.69, 9.17) is 10.7 Å². The molecule has 0 radical (unpaired) electrons. The molecule has 4 heteroatoms. The zero-order valence-electron chi connectivity index (χ0n) is 14.8. The summed E-state index contributed by atoms with van der Waals surface area (Å²) in [6.07, 6.45) is 3.34. The standard InChI is InChI=1S/C21H26N4/c1-15-7-8-18-19(12-15)24-21(23-18)20-6-3-11-25(20)14-17-5-2-4-16(13-17)9-10-22/h2,4-5,7-8,12-13,20H,3,6,9-11,14,22H2,1H3,(H,23,24)/t20-/m0/s1. The van der Waals surface area contributed by atoms with Crippen LogP contribution in [0.25, 0.3) is 11.0 Å². The first-order valence-corrected chi connectivity index (χ1v) is 9.21. The second kappa shape index (κ2) is 6.98. The second-order valence-corrected chi connectivity index (χ2v) is 7.13. The van der Waals surface area contributed by atoms with Crippen LogP contribution in [0.5, 0.6) is 0 Å². The Morgan fingerprint density at radius 3 is 2.96 bits per heavy atom. The molecule has 1 saturated heterocycles. The fraction of sp³-hybridized carbons (Fsp3) is 0.381. The van der Waals surface area contributed by atoms with Crippen molar-refractivity contribution in [3.8, 4) is 0 Å². The predicted molar refractivity (Wildman–Crippen MR) is 102 cm³/mol. The van der Waals surface area contributed by atoms with Gasteiger partial charge in [-0.15, -0.1) is 0 Å². The van der Waals surface area contributed by atoms with Crippen LogP contribution in [0.3, 0.4) is 0 Å². The Morgan fingerprint density at radius 2 is 2.08 bits per heavy atom. The van der Waals surface area contributed by atoms with Crippen LogP contribution < -0.4 is 5.73 Å². The molecule has 0 saturated carbocycles. The molecule has 4 rings (SSSR count). The molecule has 0 unspecified atom stereocenters. The minimum absolute atomic E-state index is 0.380. The van der Waals surface area contributed by atoms with Crippen LogP contribution in [0.1, 0.15) is 41.4 Å². The first kappa shape index (κ1) is 16.3. The maximum absolute atomic E-state index is 5.70. The van der Waals surface area contributed by atoms with Crippen molar-refractivity contribution < 1.29 is 0 Å². The van der Waals surface area contributed by atoms with Gasteiger partial charge < -0.3 is 10.7 Å². The third-order valence-electron chi connectivity index (χ3n) is 5.15. The molecule has 4 nitrogen and oxygen atoms in total. The van der Waals surface area contributed by atoms with E-state index in [1.807, 2.05) is 0 Å². The summed E-state index contributed by atoms with van der Waals surface area (Å²) in [6.45, 7) is 4.92. The molecule has 2 heterocycles. The summed E-state index contributed by atoms with van der Waals surface area (Å²) in [7, 11) is 0. The first-order chi connectivity index (χ1) is 12.2. The SMILES string of the molecule is Cc1ccc2nc([C@@H]3CCCN3Cc3cccc(CCN)c3)[nH]c2c1. The quantitative estimate of drug-likeness (QED) is 0.748. The number of H-pyrrole nitrogens is 1. The van der Waals surface area contributed by atoms with E-state index in [0.29, 0.717) is 12.6 Å². The predicted octanol–water partition coefficient (Wildman–Crippen LogP) is 3.71. The van der Waals surface area contributed by atoms with Crippen molar-refractivity contribution in [2.24, 2.45) is 5.73 Å². The van der Waals surface area contributed by atoms with Crippen LogP contribution in [-0.2, 0) is 13.0 Å². The number of nitrogens with zero attached hydrogens (tertiary/aromatic N) is 2. The minimum atomic E-state index is 0.380. The van der Waals surface area contributed by atoms with E-state index in [1.165, 1.54) is 29.5 Å². The van der Waals surface area contributed by atoms with Gasteiger partial charge in [0.2, 0.25) is 0 Å². The van der Waals surface area contributed by atoms with Crippen LogP contribution in [-0.4, -0.2) is 28.0 Å². The molecule has 1 aliphatic heterocycles. The molecule has 1 aromatic heterocycles. The lowest BCUT2D eigenvalue weighted by atomic mass is 10.1. The normalized spacial score (nSPS) is 18.2. The van der Waals surface area contributed by atoms with Crippen LogP contribution in [0, 0.1) is 6.92 Å². The highest BCUT2D eigenvalue weighted by molar-refractivity contribution is 5.75. The molecule has 3 N–H and O–H groups in total. The van der Waals surface area contributed by atoms with Gasteiger partial charge >= 0.3 is 0 Å². The number of imidazole rings is 1. The maximum atomic E-state index is 5.70. The molecule has 1 fully saturated rings. The van der Waals surface area contributed by atoms with Crippen molar-refractivity contribution in [1.29, 1.82) is 0 Å². The van der Waals surface area contributed by atoms with Gasteiger partial charge in [0.1, 0.15) is 5.82 Å². The smallest absolute Gasteiger partial charge is 0.124 e. The van der Waals surface area contributed by atoms with Gasteiger partial charge in [0.25, 0.3) is 0 Å². The molecule has 3 aromatic rings. The molecule has 25 heavy (non-hydrogen) atoms. The highest BCUT2D eigenvalue weighted by Crippen LogP contribution is 2.32. The van der Waals surface area contributed by atoms with Crippen LogP contribution in [0.4, 0.5) is 0 Å². The lowest BCUT2D eigenvalue weighted by Gasteiger charge is -2.23. The number of hydrogen-bond donors (Lipinski definition) is 2. The summed E-state index contributed by atoms with van der Waals surface area (Å²) in [6, 6.07) is 15.6. The Kier molecular flexibility index (Phi) is 4.55. The van der Waals surface area contributed by atoms with Gasteiger partial charge in [-0.05, 0) is 68.1 Å². The Morgan fingerprint density at radius 1 is 1.20 bits per heavy atom. The van der Waals surface area contributed by atoms with Gasteiger partial charge in [0.05, 0.1) is 17.1 Å². The third kappa shape index (κ3) is 3.46. The summed E-state index contributed by atoms with van der Waals surface area (Å²) < 4.78 is 0. The lowest BCUT2D eigenvalue weighted by molar-refractivity contribution is 0.241. The fourth-order valence-electron chi connectivity index (χ4n) is 3.91. The van der Waals surface area contributed by atoms with Crippen LogP contribution in [0.15, 0.2) is 42.5 Å². The number of aromatic nitrogens is 2. The fourth-order valence-corrected chi connectivity index (χ4v) is 3.91. The maximum Gasteiger partial charge on any atom is 0.124 e. The number of nitrogens with one attached hydrogen (secondary N) is 1. The van der Waals surface area contributed by atoms with Crippen molar-refractivity contribution in [2.75, 3.05) is 13.1 Å². The Balaban J connectivity index is 1.56. The van der Waals surface area contributed by atoms with E-state index < -0.39 is 0 Å². The summed E-state index contributed by atoms with van der Waals surface area (Å²) >= 11 is 0. The van der Waals surface area contributed by atoms with Crippen molar-refractivity contribution in [2.45, 2.75) is 38.8 Å².